The Bertz CT molecular complexity index is 2990. The molecule has 0 spiro atoms. The minimum atomic E-state index is 1.09. The highest BCUT2D eigenvalue weighted by atomic mass is 32.1. The summed E-state index contributed by atoms with van der Waals surface area (Å²) in [4.78, 5) is 2.40. The zero-order valence-electron chi connectivity index (χ0n) is 28.2. The van der Waals surface area contributed by atoms with Crippen molar-refractivity contribution in [1.29, 1.82) is 0 Å². The summed E-state index contributed by atoms with van der Waals surface area (Å²) in [6, 6.07) is 62.0. The second kappa shape index (κ2) is 11.7. The second-order valence-electron chi connectivity index (χ2n) is 13.4. The molecule has 10 rings (SSSR count). The van der Waals surface area contributed by atoms with E-state index in [9.17, 15) is 0 Å². The lowest BCUT2D eigenvalue weighted by Gasteiger charge is -2.27. The molecule has 240 valence electrons. The molecule has 0 atom stereocenters. The molecule has 0 radical (unpaired) electrons. The van der Waals surface area contributed by atoms with Gasteiger partial charge in [0, 0.05) is 37.2 Å². The van der Waals surface area contributed by atoms with Crippen LogP contribution in [0.4, 0.5) is 17.1 Å². The SMILES string of the molecule is C=c1c2ccccc2c2cccc3ccc(-c4ccc(N(c5ccc(-c6ccccc6)cc5)c5ccc6sc7ccccc7c6c5)cc4C)c1c32. The van der Waals surface area contributed by atoms with E-state index in [0.29, 0.717) is 0 Å². The van der Waals surface area contributed by atoms with Crippen LogP contribution in [0, 0.1) is 6.92 Å². The lowest BCUT2D eigenvalue weighted by Crippen LogP contribution is -2.10. The third-order valence-corrected chi connectivity index (χ3v) is 11.7. The smallest absolute Gasteiger partial charge is 0.0468 e. The molecule has 0 saturated heterocycles. The van der Waals surface area contributed by atoms with Crippen molar-refractivity contribution in [2.75, 3.05) is 4.90 Å². The van der Waals surface area contributed by atoms with Crippen LogP contribution in [-0.2, 0) is 0 Å². The van der Waals surface area contributed by atoms with E-state index in [1.54, 1.807) is 0 Å². The lowest BCUT2D eigenvalue weighted by atomic mass is 9.87. The van der Waals surface area contributed by atoms with E-state index in [4.69, 9.17) is 0 Å². The number of benzene rings is 9. The molecule has 0 N–H and O–H groups in total. The summed E-state index contributed by atoms with van der Waals surface area (Å²) in [7, 11) is 0. The maximum Gasteiger partial charge on any atom is 0.0468 e. The Hall–Kier alpha value is -6.22. The number of aryl methyl sites for hydroxylation is 1. The van der Waals surface area contributed by atoms with E-state index in [2.05, 4.69) is 188 Å². The van der Waals surface area contributed by atoms with Gasteiger partial charge in [-0.3, -0.25) is 0 Å². The maximum absolute atomic E-state index is 4.68. The number of rotatable bonds is 5. The predicted molar refractivity (Wildman–Crippen MR) is 223 cm³/mol. The largest absolute Gasteiger partial charge is 0.310 e. The monoisotopic (exact) mass is 667 g/mol. The molecule has 0 aliphatic rings. The van der Waals surface area contributed by atoms with E-state index in [1.807, 2.05) is 11.3 Å². The number of fused-ring (bicyclic) bond motifs is 5. The first-order chi connectivity index (χ1) is 25.1. The van der Waals surface area contributed by atoms with Crippen LogP contribution >= 0.6 is 11.3 Å². The average molecular weight is 668 g/mol. The summed E-state index contributed by atoms with van der Waals surface area (Å²) in [5.41, 5.74) is 9.48. The minimum absolute atomic E-state index is 1.09. The van der Waals surface area contributed by atoms with Crippen LogP contribution in [0.2, 0.25) is 0 Å². The van der Waals surface area contributed by atoms with Gasteiger partial charge < -0.3 is 4.90 Å². The fourth-order valence-corrected chi connectivity index (χ4v) is 9.17. The molecule has 0 bridgehead atoms. The molecule has 1 nitrogen and oxygen atoms in total. The van der Waals surface area contributed by atoms with Crippen molar-refractivity contribution in [3.05, 3.63) is 181 Å². The first kappa shape index (κ1) is 29.7. The van der Waals surface area contributed by atoms with Crippen LogP contribution in [0.1, 0.15) is 5.56 Å². The molecule has 51 heavy (non-hydrogen) atoms. The summed E-state index contributed by atoms with van der Waals surface area (Å²) in [6.07, 6.45) is 0. The molecule has 1 aromatic heterocycles. The van der Waals surface area contributed by atoms with Crippen molar-refractivity contribution in [1.82, 2.24) is 0 Å². The average Bonchev–Trinajstić information content (AvgIpc) is 3.56. The first-order valence-corrected chi connectivity index (χ1v) is 18.3. The molecular formula is C49H33NS. The van der Waals surface area contributed by atoms with Crippen LogP contribution in [0.25, 0.3) is 81.3 Å². The Kier molecular flexibility index (Phi) is 6.80. The van der Waals surface area contributed by atoms with Gasteiger partial charge in [-0.05, 0) is 121 Å². The Morgan fingerprint density at radius 3 is 1.88 bits per heavy atom. The van der Waals surface area contributed by atoms with Crippen LogP contribution in [0.5, 0.6) is 0 Å². The summed E-state index contributed by atoms with van der Waals surface area (Å²) < 4.78 is 2.62. The molecule has 9 aromatic carbocycles. The molecule has 0 amide bonds. The van der Waals surface area contributed by atoms with E-state index in [-0.39, 0.29) is 0 Å². The van der Waals surface area contributed by atoms with Crippen LogP contribution in [0.15, 0.2) is 170 Å². The van der Waals surface area contributed by atoms with Gasteiger partial charge in [-0.15, -0.1) is 11.3 Å². The summed E-state index contributed by atoms with van der Waals surface area (Å²) >= 11 is 1.86. The molecule has 0 fully saturated rings. The van der Waals surface area contributed by atoms with Gasteiger partial charge in [-0.2, -0.15) is 0 Å². The Morgan fingerprint density at radius 1 is 0.431 bits per heavy atom. The maximum atomic E-state index is 4.68. The molecule has 2 heteroatoms. The number of thiophene rings is 1. The highest BCUT2D eigenvalue weighted by Gasteiger charge is 2.19. The van der Waals surface area contributed by atoms with E-state index in [1.165, 1.54) is 80.3 Å². The van der Waals surface area contributed by atoms with Crippen molar-refractivity contribution in [2.45, 2.75) is 6.92 Å². The van der Waals surface area contributed by atoms with Gasteiger partial charge in [0.15, 0.2) is 0 Å². The number of anilines is 3. The standard InChI is InChI=1S/C49H33NS/c1-31-29-37(24-27-39(31)44-26-21-35-13-10-17-43-41-15-7-6-14-40(41)32(2)48(44)49(35)43)50(36-22-19-34(20-23-36)33-11-4-3-5-12-33)38-25-28-47-45(30-38)42-16-8-9-18-46(42)51-47/h3-30H,2H2,1H3. The summed E-state index contributed by atoms with van der Waals surface area (Å²) in [5, 5.41) is 11.2. The van der Waals surface area contributed by atoms with Gasteiger partial charge in [-0.25, -0.2) is 0 Å². The predicted octanol–water partition coefficient (Wildman–Crippen LogP) is 13.8. The van der Waals surface area contributed by atoms with E-state index < -0.39 is 0 Å². The van der Waals surface area contributed by atoms with Gasteiger partial charge in [0.1, 0.15) is 0 Å². The molecule has 0 saturated carbocycles. The van der Waals surface area contributed by atoms with Crippen LogP contribution < -0.4 is 10.1 Å². The molecule has 10 aromatic rings. The van der Waals surface area contributed by atoms with Crippen LogP contribution in [-0.4, -0.2) is 0 Å². The highest BCUT2D eigenvalue weighted by molar-refractivity contribution is 7.25. The third-order valence-electron chi connectivity index (χ3n) is 10.5. The highest BCUT2D eigenvalue weighted by Crippen LogP contribution is 2.43. The molecule has 0 aliphatic heterocycles. The third kappa shape index (κ3) is 4.75. The number of hydrogen-bond acceptors (Lipinski definition) is 2. The van der Waals surface area contributed by atoms with Gasteiger partial charge in [0.25, 0.3) is 0 Å². The van der Waals surface area contributed by atoms with Gasteiger partial charge >= 0.3 is 0 Å². The van der Waals surface area contributed by atoms with Crippen LogP contribution in [0.3, 0.4) is 0 Å². The van der Waals surface area contributed by atoms with Crippen molar-refractivity contribution < 1.29 is 0 Å². The van der Waals surface area contributed by atoms with Crippen molar-refractivity contribution in [3.8, 4) is 22.3 Å². The van der Waals surface area contributed by atoms with Gasteiger partial charge in [-0.1, -0.05) is 128 Å². The Morgan fingerprint density at radius 2 is 1.06 bits per heavy atom. The fraction of sp³-hybridized carbons (Fsp3) is 0.0204. The quantitative estimate of drug-likeness (QED) is 0.130. The van der Waals surface area contributed by atoms with Crippen molar-refractivity contribution in [3.63, 3.8) is 0 Å². The first-order valence-electron chi connectivity index (χ1n) is 17.5. The van der Waals surface area contributed by atoms with Gasteiger partial charge in [0.2, 0.25) is 0 Å². The molecular weight excluding hydrogens is 635 g/mol. The minimum Gasteiger partial charge on any atom is -0.310 e. The van der Waals surface area contributed by atoms with E-state index in [0.717, 1.165) is 22.3 Å². The van der Waals surface area contributed by atoms with Crippen molar-refractivity contribution >= 4 is 87.5 Å². The van der Waals surface area contributed by atoms with E-state index >= 15 is 0 Å². The molecule has 1 heterocycles. The molecule has 0 unspecified atom stereocenters. The van der Waals surface area contributed by atoms with Crippen molar-refractivity contribution in [2.24, 2.45) is 0 Å². The normalized spacial score (nSPS) is 11.7. The van der Waals surface area contributed by atoms with Gasteiger partial charge in [0.05, 0.1) is 0 Å². The summed E-state index contributed by atoms with van der Waals surface area (Å²) in [5.74, 6) is 0. The fourth-order valence-electron chi connectivity index (χ4n) is 8.08. The Labute approximate surface area is 300 Å². The zero-order chi connectivity index (χ0) is 34.1. The zero-order valence-corrected chi connectivity index (χ0v) is 29.0. The number of nitrogens with zero attached hydrogens (tertiary/aromatic N) is 1. The lowest BCUT2D eigenvalue weighted by molar-refractivity contribution is 1.28. The second-order valence-corrected chi connectivity index (χ2v) is 14.5. The topological polar surface area (TPSA) is 3.24 Å². The Balaban J connectivity index is 1.16. The summed E-state index contributed by atoms with van der Waals surface area (Å²) in [6.45, 7) is 6.93. The number of hydrogen-bond donors (Lipinski definition) is 0. The molecule has 0 aliphatic carbocycles.